The molecule has 0 spiro atoms. The first-order valence-electron chi connectivity index (χ1n) is 8.02. The topological polar surface area (TPSA) is 24.9 Å². The smallest absolute Gasteiger partial charge is 0.0325 e. The molecule has 2 unspecified atom stereocenters. The van der Waals surface area contributed by atoms with Gasteiger partial charge in [0.25, 0.3) is 0 Å². The van der Waals surface area contributed by atoms with Crippen LogP contribution in [0.15, 0.2) is 54.9 Å². The van der Waals surface area contributed by atoms with Crippen molar-refractivity contribution in [3.63, 3.8) is 0 Å². The van der Waals surface area contributed by atoms with Crippen LogP contribution in [0.1, 0.15) is 62.7 Å². The normalized spacial score (nSPS) is 13.8. The van der Waals surface area contributed by atoms with Crippen molar-refractivity contribution < 1.29 is 0 Å². The number of hydrogen-bond donors (Lipinski definition) is 1. The summed E-state index contributed by atoms with van der Waals surface area (Å²) in [5.74, 6) is 0. The number of hydrogen-bond acceptors (Lipinski definition) is 2. The van der Waals surface area contributed by atoms with Crippen LogP contribution in [0.2, 0.25) is 0 Å². The summed E-state index contributed by atoms with van der Waals surface area (Å²) >= 11 is 0. The highest BCUT2D eigenvalue weighted by Crippen LogP contribution is 2.24. The first-order chi connectivity index (χ1) is 10.3. The van der Waals surface area contributed by atoms with Gasteiger partial charge in [-0.25, -0.2) is 0 Å². The van der Waals surface area contributed by atoms with Crippen molar-refractivity contribution in [1.29, 1.82) is 0 Å². The van der Waals surface area contributed by atoms with Crippen LogP contribution in [0.5, 0.6) is 0 Å². The molecule has 1 aromatic heterocycles. The molecule has 0 radical (unpaired) electrons. The molecule has 0 fully saturated rings. The van der Waals surface area contributed by atoms with E-state index in [1.54, 1.807) is 0 Å². The van der Waals surface area contributed by atoms with Crippen LogP contribution in [-0.2, 0) is 0 Å². The molecule has 2 rings (SSSR count). The molecule has 2 aromatic rings. The van der Waals surface area contributed by atoms with E-state index in [4.69, 9.17) is 0 Å². The monoisotopic (exact) mass is 282 g/mol. The molecule has 0 aliphatic rings. The van der Waals surface area contributed by atoms with E-state index < -0.39 is 0 Å². The Bertz CT molecular complexity index is 495. The summed E-state index contributed by atoms with van der Waals surface area (Å²) in [5.41, 5.74) is 2.68. The summed E-state index contributed by atoms with van der Waals surface area (Å²) in [6.07, 6.45) is 8.75. The maximum Gasteiger partial charge on any atom is 0.0325 e. The second-order valence-electron chi connectivity index (χ2n) is 5.63. The molecule has 0 aliphatic carbocycles. The average molecular weight is 282 g/mol. The predicted molar refractivity (Wildman–Crippen MR) is 89.1 cm³/mol. The molecule has 0 bridgehead atoms. The minimum atomic E-state index is 0.333. The van der Waals surface area contributed by atoms with Crippen molar-refractivity contribution in [1.82, 2.24) is 10.3 Å². The van der Waals surface area contributed by atoms with Crippen LogP contribution in [0, 0.1) is 0 Å². The lowest BCUT2D eigenvalue weighted by molar-refractivity contribution is 0.427. The fraction of sp³-hybridized carbons (Fsp3) is 0.421. The summed E-state index contributed by atoms with van der Waals surface area (Å²) in [4.78, 5) is 4.10. The molecular formula is C19H26N2. The van der Waals surface area contributed by atoms with Crippen LogP contribution in [0.25, 0.3) is 0 Å². The Labute approximate surface area is 128 Å². The molecule has 2 atom stereocenters. The number of nitrogens with one attached hydrogen (secondary N) is 1. The van der Waals surface area contributed by atoms with Gasteiger partial charge in [-0.05, 0) is 36.6 Å². The molecule has 0 saturated carbocycles. The third-order valence-corrected chi connectivity index (χ3v) is 3.96. The maximum atomic E-state index is 4.10. The van der Waals surface area contributed by atoms with E-state index in [0.29, 0.717) is 12.1 Å². The van der Waals surface area contributed by atoms with E-state index in [9.17, 15) is 0 Å². The average Bonchev–Trinajstić information content (AvgIpc) is 2.55. The zero-order valence-electron chi connectivity index (χ0n) is 13.1. The number of nitrogens with zero attached hydrogens (tertiary/aromatic N) is 1. The summed E-state index contributed by atoms with van der Waals surface area (Å²) in [5, 5.41) is 3.78. The minimum Gasteiger partial charge on any atom is -0.303 e. The lowest BCUT2D eigenvalue weighted by atomic mass is 9.98. The van der Waals surface area contributed by atoms with Gasteiger partial charge < -0.3 is 5.32 Å². The number of aromatic nitrogens is 1. The van der Waals surface area contributed by atoms with E-state index in [1.807, 2.05) is 12.4 Å². The van der Waals surface area contributed by atoms with Crippen LogP contribution < -0.4 is 5.32 Å². The van der Waals surface area contributed by atoms with Crippen molar-refractivity contribution >= 4 is 0 Å². The summed E-state index contributed by atoms with van der Waals surface area (Å²) in [6, 6.07) is 15.7. The molecule has 0 saturated heterocycles. The van der Waals surface area contributed by atoms with Crippen LogP contribution >= 0.6 is 0 Å². The highest BCUT2D eigenvalue weighted by molar-refractivity contribution is 5.21. The SMILES string of the molecule is CCCCCC(NC(C)c1ccncc1)c1ccccc1. The minimum absolute atomic E-state index is 0.333. The summed E-state index contributed by atoms with van der Waals surface area (Å²) in [7, 11) is 0. The summed E-state index contributed by atoms with van der Waals surface area (Å²) in [6.45, 7) is 4.48. The van der Waals surface area contributed by atoms with Gasteiger partial charge in [0, 0.05) is 24.5 Å². The number of benzene rings is 1. The Kier molecular flexibility index (Phi) is 6.42. The van der Waals surface area contributed by atoms with Gasteiger partial charge in [-0.15, -0.1) is 0 Å². The Morgan fingerprint density at radius 3 is 2.33 bits per heavy atom. The van der Waals surface area contributed by atoms with E-state index in [-0.39, 0.29) is 0 Å². The quantitative estimate of drug-likeness (QED) is 0.685. The second kappa shape index (κ2) is 8.58. The molecule has 112 valence electrons. The lowest BCUT2D eigenvalue weighted by Gasteiger charge is -2.24. The van der Waals surface area contributed by atoms with Crippen LogP contribution in [0.4, 0.5) is 0 Å². The van der Waals surface area contributed by atoms with Crippen LogP contribution in [0.3, 0.4) is 0 Å². The van der Waals surface area contributed by atoms with E-state index in [2.05, 4.69) is 66.6 Å². The van der Waals surface area contributed by atoms with Gasteiger partial charge in [-0.3, -0.25) is 4.98 Å². The van der Waals surface area contributed by atoms with Gasteiger partial charge in [0.2, 0.25) is 0 Å². The number of rotatable bonds is 8. The predicted octanol–water partition coefficient (Wildman–Crippen LogP) is 5.05. The first-order valence-corrected chi connectivity index (χ1v) is 8.02. The van der Waals surface area contributed by atoms with Crippen molar-refractivity contribution in [2.24, 2.45) is 0 Å². The van der Waals surface area contributed by atoms with Crippen molar-refractivity contribution in [3.8, 4) is 0 Å². The third-order valence-electron chi connectivity index (χ3n) is 3.96. The highest BCUT2D eigenvalue weighted by Gasteiger charge is 2.14. The Morgan fingerprint density at radius 1 is 0.952 bits per heavy atom. The fourth-order valence-electron chi connectivity index (χ4n) is 2.68. The zero-order chi connectivity index (χ0) is 14.9. The van der Waals surface area contributed by atoms with E-state index in [1.165, 1.54) is 36.8 Å². The highest BCUT2D eigenvalue weighted by atomic mass is 14.9. The van der Waals surface area contributed by atoms with Gasteiger partial charge >= 0.3 is 0 Å². The molecule has 1 aromatic carbocycles. The number of pyridine rings is 1. The molecule has 21 heavy (non-hydrogen) atoms. The largest absolute Gasteiger partial charge is 0.303 e. The van der Waals surface area contributed by atoms with E-state index in [0.717, 1.165) is 0 Å². The van der Waals surface area contributed by atoms with Crippen molar-refractivity contribution in [2.45, 2.75) is 51.6 Å². The molecule has 2 heteroatoms. The molecule has 0 amide bonds. The Balaban J connectivity index is 2.05. The van der Waals surface area contributed by atoms with Gasteiger partial charge in [0.05, 0.1) is 0 Å². The lowest BCUT2D eigenvalue weighted by Crippen LogP contribution is -2.24. The van der Waals surface area contributed by atoms with E-state index >= 15 is 0 Å². The van der Waals surface area contributed by atoms with Crippen molar-refractivity contribution in [2.75, 3.05) is 0 Å². The van der Waals surface area contributed by atoms with Crippen molar-refractivity contribution in [3.05, 3.63) is 66.0 Å². The second-order valence-corrected chi connectivity index (χ2v) is 5.63. The standard InChI is InChI=1S/C19H26N2/c1-3-4-6-11-19(18-9-7-5-8-10-18)21-16(2)17-12-14-20-15-13-17/h5,7-10,12-16,19,21H,3-4,6,11H2,1-2H3. The Morgan fingerprint density at radius 2 is 1.67 bits per heavy atom. The molecule has 1 N–H and O–H groups in total. The summed E-state index contributed by atoms with van der Waals surface area (Å²) < 4.78 is 0. The molecule has 1 heterocycles. The van der Waals surface area contributed by atoms with Gasteiger partial charge in [0.1, 0.15) is 0 Å². The third kappa shape index (κ3) is 4.98. The molecule has 0 aliphatic heterocycles. The van der Waals surface area contributed by atoms with Gasteiger partial charge in [-0.2, -0.15) is 0 Å². The molecular weight excluding hydrogens is 256 g/mol. The van der Waals surface area contributed by atoms with Gasteiger partial charge in [-0.1, -0.05) is 56.5 Å². The first kappa shape index (κ1) is 15.7. The number of unbranched alkanes of at least 4 members (excludes halogenated alkanes) is 2. The fourth-order valence-corrected chi connectivity index (χ4v) is 2.68. The maximum absolute atomic E-state index is 4.10. The zero-order valence-corrected chi connectivity index (χ0v) is 13.1. The molecule has 2 nitrogen and oxygen atoms in total. The van der Waals surface area contributed by atoms with Gasteiger partial charge in [0.15, 0.2) is 0 Å². The Hall–Kier alpha value is -1.67. The van der Waals surface area contributed by atoms with Crippen LogP contribution in [-0.4, -0.2) is 4.98 Å².